The molecule has 0 saturated carbocycles. The van der Waals surface area contributed by atoms with Crippen LogP contribution in [0.3, 0.4) is 0 Å². The highest BCUT2D eigenvalue weighted by molar-refractivity contribution is 7.99. The van der Waals surface area contributed by atoms with Gasteiger partial charge >= 0.3 is 0 Å². The molecule has 2 saturated heterocycles. The minimum absolute atomic E-state index is 0.0214. The van der Waals surface area contributed by atoms with Gasteiger partial charge in [0.05, 0.1) is 19.1 Å². The van der Waals surface area contributed by atoms with Crippen molar-refractivity contribution >= 4 is 17.7 Å². The first-order chi connectivity index (χ1) is 7.83. The van der Waals surface area contributed by atoms with Gasteiger partial charge in [0.25, 0.3) is 0 Å². The van der Waals surface area contributed by atoms with Crippen molar-refractivity contribution in [2.45, 2.75) is 12.5 Å². The maximum Gasteiger partial charge on any atom is 0.229 e. The van der Waals surface area contributed by atoms with Crippen LogP contribution in [0.1, 0.15) is 6.42 Å². The van der Waals surface area contributed by atoms with Crippen LogP contribution in [0.25, 0.3) is 0 Å². The zero-order valence-electron chi connectivity index (χ0n) is 9.78. The van der Waals surface area contributed by atoms with Crippen LogP contribution < -0.4 is 5.32 Å². The zero-order valence-corrected chi connectivity index (χ0v) is 10.6. The summed E-state index contributed by atoms with van der Waals surface area (Å²) in [5.41, 5.74) is 0. The quantitative estimate of drug-likeness (QED) is 0.753. The van der Waals surface area contributed by atoms with Crippen molar-refractivity contribution in [3.63, 3.8) is 0 Å². The number of carbonyl (C=O) groups is 1. The molecule has 0 radical (unpaired) electrons. The second kappa shape index (κ2) is 5.89. The van der Waals surface area contributed by atoms with E-state index in [9.17, 15) is 4.79 Å². The smallest absolute Gasteiger partial charge is 0.229 e. The molecule has 92 valence electrons. The lowest BCUT2D eigenvalue weighted by Gasteiger charge is -2.25. The lowest BCUT2D eigenvalue weighted by atomic mass is 10.0. The fraction of sp³-hybridized carbons (Fsp3) is 0.909. The molecule has 16 heavy (non-hydrogen) atoms. The van der Waals surface area contributed by atoms with Crippen molar-refractivity contribution < 1.29 is 9.53 Å². The zero-order chi connectivity index (χ0) is 11.4. The minimum atomic E-state index is 0.0214. The monoisotopic (exact) mass is 244 g/mol. The highest BCUT2D eigenvalue weighted by Gasteiger charge is 2.35. The van der Waals surface area contributed by atoms with Crippen molar-refractivity contribution in [1.29, 1.82) is 0 Å². The number of hydrogen-bond donors (Lipinski definition) is 1. The minimum Gasteiger partial charge on any atom is -0.379 e. The third-order valence-corrected chi connectivity index (χ3v) is 4.35. The molecule has 2 aliphatic heterocycles. The molecule has 0 aromatic carbocycles. The maximum atomic E-state index is 12.3. The topological polar surface area (TPSA) is 41.6 Å². The number of rotatable bonds is 2. The Labute approximate surface area is 101 Å². The first kappa shape index (κ1) is 12.2. The summed E-state index contributed by atoms with van der Waals surface area (Å²) < 4.78 is 5.39. The van der Waals surface area contributed by atoms with E-state index in [0.717, 1.165) is 25.3 Å². The molecule has 2 unspecified atom stereocenters. The van der Waals surface area contributed by atoms with Crippen molar-refractivity contribution in [2.24, 2.45) is 5.92 Å². The Balaban J connectivity index is 1.94. The van der Waals surface area contributed by atoms with Gasteiger partial charge in [0.15, 0.2) is 0 Å². The molecule has 2 fully saturated rings. The highest BCUT2D eigenvalue weighted by Crippen LogP contribution is 2.19. The van der Waals surface area contributed by atoms with E-state index in [4.69, 9.17) is 4.74 Å². The summed E-state index contributed by atoms with van der Waals surface area (Å²) in [5.74, 6) is 2.55. The van der Waals surface area contributed by atoms with Gasteiger partial charge in [-0.05, 0) is 19.2 Å². The molecule has 0 aromatic heterocycles. The SMILES string of the molecule is CNC1COCC1C(=O)N1CCCSCC1. The first-order valence-corrected chi connectivity index (χ1v) is 7.10. The van der Waals surface area contributed by atoms with E-state index < -0.39 is 0 Å². The summed E-state index contributed by atoms with van der Waals surface area (Å²) in [4.78, 5) is 14.3. The number of carbonyl (C=O) groups excluding carboxylic acids is 1. The van der Waals surface area contributed by atoms with Gasteiger partial charge < -0.3 is 15.0 Å². The van der Waals surface area contributed by atoms with Gasteiger partial charge in [-0.1, -0.05) is 0 Å². The average Bonchev–Trinajstić information content (AvgIpc) is 2.61. The molecule has 1 N–H and O–H groups in total. The summed E-state index contributed by atoms with van der Waals surface area (Å²) in [6.07, 6.45) is 1.12. The summed E-state index contributed by atoms with van der Waals surface area (Å²) in [6, 6.07) is 0.198. The van der Waals surface area contributed by atoms with E-state index in [1.54, 1.807) is 0 Å². The normalized spacial score (nSPS) is 31.4. The predicted molar refractivity (Wildman–Crippen MR) is 65.7 cm³/mol. The summed E-state index contributed by atoms with van der Waals surface area (Å²) in [7, 11) is 1.90. The van der Waals surface area contributed by atoms with E-state index >= 15 is 0 Å². The van der Waals surface area contributed by atoms with Crippen LogP contribution in [0.2, 0.25) is 0 Å². The van der Waals surface area contributed by atoms with Crippen LogP contribution in [0.15, 0.2) is 0 Å². The summed E-state index contributed by atoms with van der Waals surface area (Å²) >= 11 is 1.95. The molecule has 2 atom stereocenters. The van der Waals surface area contributed by atoms with Gasteiger partial charge in [0.2, 0.25) is 5.91 Å². The molecule has 0 bridgehead atoms. The van der Waals surface area contributed by atoms with Crippen LogP contribution in [0.5, 0.6) is 0 Å². The maximum absolute atomic E-state index is 12.3. The molecule has 0 spiro atoms. The van der Waals surface area contributed by atoms with Crippen LogP contribution in [-0.2, 0) is 9.53 Å². The highest BCUT2D eigenvalue weighted by atomic mass is 32.2. The van der Waals surface area contributed by atoms with E-state index in [0.29, 0.717) is 13.2 Å². The van der Waals surface area contributed by atoms with E-state index in [2.05, 4.69) is 5.32 Å². The second-order valence-electron chi connectivity index (χ2n) is 4.33. The predicted octanol–water partition coefficient (Wildman–Crippen LogP) is 0.186. The standard InChI is InChI=1S/C11H20N2O2S/c1-12-10-8-15-7-9(10)11(14)13-3-2-5-16-6-4-13/h9-10,12H,2-8H2,1H3. The number of nitrogens with one attached hydrogen (secondary N) is 1. The van der Waals surface area contributed by atoms with Crippen molar-refractivity contribution in [3.05, 3.63) is 0 Å². The summed E-state index contributed by atoms with van der Waals surface area (Å²) in [6.45, 7) is 3.05. The van der Waals surface area contributed by atoms with Crippen molar-refractivity contribution in [3.8, 4) is 0 Å². The van der Waals surface area contributed by atoms with Gasteiger partial charge in [0.1, 0.15) is 0 Å². The number of thioether (sulfide) groups is 1. The molecule has 1 amide bonds. The number of nitrogens with zero attached hydrogens (tertiary/aromatic N) is 1. The Bertz CT molecular complexity index is 242. The Morgan fingerprint density at radius 2 is 2.25 bits per heavy atom. The fourth-order valence-electron chi connectivity index (χ4n) is 2.28. The number of likely N-dealkylation sites (N-methyl/N-ethyl adjacent to an activating group) is 1. The van der Waals surface area contributed by atoms with E-state index in [-0.39, 0.29) is 17.9 Å². The van der Waals surface area contributed by atoms with Crippen LogP contribution in [0.4, 0.5) is 0 Å². The number of ether oxygens (including phenoxy) is 1. The van der Waals surface area contributed by atoms with Crippen LogP contribution >= 0.6 is 11.8 Å². The molecule has 2 aliphatic rings. The van der Waals surface area contributed by atoms with Crippen LogP contribution in [-0.4, -0.2) is 61.7 Å². The lowest BCUT2D eigenvalue weighted by molar-refractivity contribution is -0.135. The molecule has 0 aromatic rings. The molecular weight excluding hydrogens is 224 g/mol. The Morgan fingerprint density at radius 3 is 3.06 bits per heavy atom. The Hall–Kier alpha value is -0.260. The van der Waals surface area contributed by atoms with Gasteiger partial charge in [-0.2, -0.15) is 11.8 Å². The van der Waals surface area contributed by atoms with Gasteiger partial charge in [-0.25, -0.2) is 0 Å². The largest absolute Gasteiger partial charge is 0.379 e. The Morgan fingerprint density at radius 1 is 1.38 bits per heavy atom. The third-order valence-electron chi connectivity index (χ3n) is 3.30. The molecular formula is C11H20N2O2S. The van der Waals surface area contributed by atoms with Crippen molar-refractivity contribution in [1.82, 2.24) is 10.2 Å². The molecule has 2 heterocycles. The van der Waals surface area contributed by atoms with Gasteiger partial charge in [-0.15, -0.1) is 0 Å². The van der Waals surface area contributed by atoms with Crippen LogP contribution in [0, 0.1) is 5.92 Å². The average molecular weight is 244 g/mol. The molecule has 0 aliphatic carbocycles. The summed E-state index contributed by atoms with van der Waals surface area (Å²) in [5, 5.41) is 3.17. The molecule has 4 nitrogen and oxygen atoms in total. The van der Waals surface area contributed by atoms with E-state index in [1.165, 1.54) is 5.75 Å². The second-order valence-corrected chi connectivity index (χ2v) is 5.56. The third kappa shape index (κ3) is 2.70. The Kier molecular flexibility index (Phi) is 4.49. The molecule has 2 rings (SSSR count). The van der Waals surface area contributed by atoms with Gasteiger partial charge in [-0.3, -0.25) is 4.79 Å². The lowest BCUT2D eigenvalue weighted by Crippen LogP contribution is -2.45. The fourth-order valence-corrected chi connectivity index (χ4v) is 3.17. The first-order valence-electron chi connectivity index (χ1n) is 5.94. The van der Waals surface area contributed by atoms with Gasteiger partial charge in [0, 0.05) is 24.9 Å². The van der Waals surface area contributed by atoms with Crippen molar-refractivity contribution in [2.75, 3.05) is 44.9 Å². The molecule has 5 heteroatoms. The number of amides is 1. The van der Waals surface area contributed by atoms with E-state index in [1.807, 2.05) is 23.7 Å². The number of hydrogen-bond acceptors (Lipinski definition) is 4.